The maximum absolute atomic E-state index is 12.1. The lowest BCUT2D eigenvalue weighted by Crippen LogP contribution is -2.14. The van der Waals surface area contributed by atoms with Gasteiger partial charge >= 0.3 is 0 Å². The summed E-state index contributed by atoms with van der Waals surface area (Å²) >= 11 is 3.82. The van der Waals surface area contributed by atoms with Crippen LogP contribution < -0.4 is 0 Å². The Hall–Kier alpha value is -0.490. The lowest BCUT2D eigenvalue weighted by Gasteiger charge is -2.16. The molecule has 0 amide bonds. The zero-order chi connectivity index (χ0) is 13.1. The third-order valence-electron chi connectivity index (χ3n) is 3.72. The van der Waals surface area contributed by atoms with E-state index < -0.39 is 0 Å². The molecule has 1 aromatic heterocycles. The van der Waals surface area contributed by atoms with Crippen molar-refractivity contribution in [2.45, 2.75) is 37.4 Å². The summed E-state index contributed by atoms with van der Waals surface area (Å²) in [6.45, 7) is 0. The number of hydrogen-bond acceptors (Lipinski definition) is 6. The van der Waals surface area contributed by atoms with E-state index in [2.05, 4.69) is 10.1 Å². The molecule has 3 rings (SSSR count). The second-order valence-corrected chi connectivity index (χ2v) is 7.57. The van der Waals surface area contributed by atoms with Gasteiger partial charge in [0.25, 0.3) is 0 Å². The van der Waals surface area contributed by atoms with Crippen molar-refractivity contribution in [3.63, 3.8) is 0 Å². The largest absolute Gasteiger partial charge is 0.339 e. The maximum Gasteiger partial charge on any atom is 0.234 e. The molecular weight excluding hydrogens is 280 g/mol. The molecule has 104 valence electrons. The van der Waals surface area contributed by atoms with Crippen molar-refractivity contribution < 1.29 is 9.32 Å². The van der Waals surface area contributed by atoms with E-state index in [0.29, 0.717) is 17.6 Å². The minimum atomic E-state index is 0.231. The van der Waals surface area contributed by atoms with Crippen LogP contribution in [-0.4, -0.2) is 33.2 Å². The van der Waals surface area contributed by atoms with Crippen LogP contribution in [0.4, 0.5) is 0 Å². The predicted octanol–water partition coefficient (Wildman–Crippen LogP) is 2.89. The summed E-state index contributed by atoms with van der Waals surface area (Å²) in [5.41, 5.74) is 0. The van der Waals surface area contributed by atoms with Crippen LogP contribution in [0.3, 0.4) is 0 Å². The lowest BCUT2D eigenvalue weighted by molar-refractivity contribution is -0.122. The molecule has 1 aliphatic heterocycles. The molecule has 0 spiro atoms. The van der Waals surface area contributed by atoms with Crippen LogP contribution in [0, 0.1) is 5.92 Å². The van der Waals surface area contributed by atoms with E-state index in [0.717, 1.165) is 30.2 Å². The lowest BCUT2D eigenvalue weighted by atomic mass is 10.0. The standard InChI is InChI=1S/C13H18N2O2S2/c16-10(9-3-1-2-4-9)7-12-14-13(15-17-12)11-8-18-5-6-19-11/h9,11H,1-8H2. The Balaban J connectivity index is 1.59. The molecule has 1 saturated heterocycles. The van der Waals surface area contributed by atoms with E-state index in [1.54, 1.807) is 0 Å². The summed E-state index contributed by atoms with van der Waals surface area (Å²) in [5.74, 6) is 5.16. The van der Waals surface area contributed by atoms with Gasteiger partial charge in [0.2, 0.25) is 5.89 Å². The number of ketones is 1. The Morgan fingerprint density at radius 2 is 2.16 bits per heavy atom. The van der Waals surface area contributed by atoms with Crippen molar-refractivity contribution in [1.29, 1.82) is 0 Å². The van der Waals surface area contributed by atoms with E-state index in [1.165, 1.54) is 18.6 Å². The van der Waals surface area contributed by atoms with Crippen LogP contribution in [0.1, 0.15) is 42.6 Å². The van der Waals surface area contributed by atoms with Gasteiger partial charge in [0.05, 0.1) is 11.7 Å². The summed E-state index contributed by atoms with van der Waals surface area (Å²) in [7, 11) is 0. The zero-order valence-electron chi connectivity index (χ0n) is 10.8. The van der Waals surface area contributed by atoms with Gasteiger partial charge in [-0.3, -0.25) is 4.79 Å². The maximum atomic E-state index is 12.1. The minimum absolute atomic E-state index is 0.231. The number of rotatable bonds is 4. The summed E-state index contributed by atoms with van der Waals surface area (Å²) in [6, 6.07) is 0. The summed E-state index contributed by atoms with van der Waals surface area (Å²) < 4.78 is 5.24. The first-order valence-corrected chi connectivity index (χ1v) is 9.08. The fourth-order valence-electron chi connectivity index (χ4n) is 2.65. The minimum Gasteiger partial charge on any atom is -0.339 e. The number of hydrogen-bond donors (Lipinski definition) is 0. The molecule has 1 atom stereocenters. The van der Waals surface area contributed by atoms with Crippen LogP contribution in [0.25, 0.3) is 0 Å². The van der Waals surface area contributed by atoms with Gasteiger partial charge in [0, 0.05) is 23.2 Å². The van der Waals surface area contributed by atoms with Crippen molar-refractivity contribution in [3.05, 3.63) is 11.7 Å². The first kappa shape index (κ1) is 13.5. The Bertz CT molecular complexity index is 438. The Morgan fingerprint density at radius 3 is 2.89 bits per heavy atom. The molecule has 0 bridgehead atoms. The number of nitrogens with zero attached hydrogens (tertiary/aromatic N) is 2. The van der Waals surface area contributed by atoms with Gasteiger partial charge in [-0.2, -0.15) is 16.7 Å². The highest BCUT2D eigenvalue weighted by Gasteiger charge is 2.26. The number of aromatic nitrogens is 2. The van der Waals surface area contributed by atoms with E-state index >= 15 is 0 Å². The number of carbonyl (C=O) groups is 1. The van der Waals surface area contributed by atoms with Crippen LogP contribution in [0.15, 0.2) is 4.52 Å². The summed E-state index contributed by atoms with van der Waals surface area (Å²) in [6.07, 6.45) is 4.76. The Kier molecular flexibility index (Phi) is 4.48. The van der Waals surface area contributed by atoms with Crippen molar-refractivity contribution in [2.24, 2.45) is 5.92 Å². The average Bonchev–Trinajstić information content (AvgIpc) is 3.11. The van der Waals surface area contributed by atoms with E-state index in [4.69, 9.17) is 4.52 Å². The van der Waals surface area contributed by atoms with Gasteiger partial charge in [-0.1, -0.05) is 18.0 Å². The molecule has 19 heavy (non-hydrogen) atoms. The first-order chi connectivity index (χ1) is 9.33. The summed E-state index contributed by atoms with van der Waals surface area (Å²) in [4.78, 5) is 16.5. The second kappa shape index (κ2) is 6.31. The monoisotopic (exact) mass is 298 g/mol. The Morgan fingerprint density at radius 1 is 1.32 bits per heavy atom. The van der Waals surface area contributed by atoms with Crippen LogP contribution in [0.5, 0.6) is 0 Å². The highest BCUT2D eigenvalue weighted by Crippen LogP contribution is 2.35. The molecule has 2 fully saturated rings. The van der Waals surface area contributed by atoms with Gasteiger partial charge in [0.15, 0.2) is 5.82 Å². The van der Waals surface area contributed by atoms with Gasteiger partial charge in [-0.15, -0.1) is 11.8 Å². The van der Waals surface area contributed by atoms with Gasteiger partial charge < -0.3 is 4.52 Å². The molecule has 1 aromatic rings. The van der Waals surface area contributed by atoms with Crippen LogP contribution >= 0.6 is 23.5 Å². The van der Waals surface area contributed by atoms with E-state index in [1.807, 2.05) is 23.5 Å². The van der Waals surface area contributed by atoms with Crippen molar-refractivity contribution >= 4 is 29.3 Å². The molecule has 0 radical (unpaired) electrons. The second-order valence-electron chi connectivity index (χ2n) is 5.11. The quantitative estimate of drug-likeness (QED) is 0.852. The average molecular weight is 298 g/mol. The summed E-state index contributed by atoms with van der Waals surface area (Å²) in [5, 5.41) is 4.38. The molecule has 2 aliphatic rings. The molecule has 1 aliphatic carbocycles. The number of Topliss-reactive ketones (excluding diaryl/α,β-unsaturated/α-hetero) is 1. The number of thioether (sulfide) groups is 2. The molecule has 6 heteroatoms. The van der Waals surface area contributed by atoms with Crippen molar-refractivity contribution in [3.8, 4) is 0 Å². The zero-order valence-corrected chi connectivity index (χ0v) is 12.5. The molecule has 1 unspecified atom stereocenters. The van der Waals surface area contributed by atoms with Crippen LogP contribution in [0.2, 0.25) is 0 Å². The third kappa shape index (κ3) is 3.34. The van der Waals surface area contributed by atoms with Crippen molar-refractivity contribution in [2.75, 3.05) is 17.3 Å². The predicted molar refractivity (Wildman–Crippen MR) is 77.5 cm³/mol. The van der Waals surface area contributed by atoms with Crippen LogP contribution in [-0.2, 0) is 11.2 Å². The topological polar surface area (TPSA) is 56.0 Å². The fraction of sp³-hybridized carbons (Fsp3) is 0.769. The highest BCUT2D eigenvalue weighted by molar-refractivity contribution is 8.06. The Labute approximate surface area is 121 Å². The molecule has 1 saturated carbocycles. The van der Waals surface area contributed by atoms with Gasteiger partial charge in [-0.05, 0) is 12.8 Å². The SMILES string of the molecule is O=C(Cc1nc(C2CSCCS2)no1)C1CCCC1. The molecular formula is C13H18N2O2S2. The van der Waals surface area contributed by atoms with Gasteiger partial charge in [0.1, 0.15) is 5.78 Å². The van der Waals surface area contributed by atoms with Gasteiger partial charge in [-0.25, -0.2) is 0 Å². The van der Waals surface area contributed by atoms with E-state index in [-0.39, 0.29) is 11.7 Å². The first-order valence-electron chi connectivity index (χ1n) is 6.87. The normalized spacial score (nSPS) is 24.7. The number of carbonyl (C=O) groups excluding carboxylic acids is 1. The highest BCUT2D eigenvalue weighted by atomic mass is 32.2. The molecule has 0 aromatic carbocycles. The molecule has 0 N–H and O–H groups in total. The fourth-order valence-corrected chi connectivity index (χ4v) is 5.24. The smallest absolute Gasteiger partial charge is 0.234 e. The molecule has 4 nitrogen and oxygen atoms in total. The van der Waals surface area contributed by atoms with Crippen molar-refractivity contribution in [1.82, 2.24) is 10.1 Å². The molecule has 2 heterocycles. The third-order valence-corrected chi connectivity index (χ3v) is 6.47. The van der Waals surface area contributed by atoms with E-state index in [9.17, 15) is 4.79 Å².